The molecule has 0 bridgehead atoms. The largest absolute Gasteiger partial charge is 0.444 e. The third kappa shape index (κ3) is 3.80. The van der Waals surface area contributed by atoms with E-state index in [4.69, 9.17) is 4.42 Å². The second-order valence-corrected chi connectivity index (χ2v) is 9.26. The van der Waals surface area contributed by atoms with Gasteiger partial charge in [0.05, 0.1) is 30.3 Å². The van der Waals surface area contributed by atoms with Crippen molar-refractivity contribution in [1.29, 1.82) is 0 Å². The third-order valence-electron chi connectivity index (χ3n) is 5.06. The van der Waals surface area contributed by atoms with Crippen LogP contribution in [0.4, 0.5) is 0 Å². The van der Waals surface area contributed by atoms with Crippen molar-refractivity contribution in [2.45, 2.75) is 50.7 Å². The van der Waals surface area contributed by atoms with Crippen LogP contribution in [-0.4, -0.2) is 66.8 Å². The lowest BCUT2D eigenvalue weighted by atomic mass is 10.2. The van der Waals surface area contributed by atoms with Gasteiger partial charge in [-0.3, -0.25) is 9.69 Å². The van der Waals surface area contributed by atoms with Gasteiger partial charge in [-0.15, -0.1) is 0 Å². The molecular weight excluding hydrogens is 330 g/mol. The molecule has 2 heterocycles. The maximum Gasteiger partial charge on any atom is 0.239 e. The van der Waals surface area contributed by atoms with Gasteiger partial charge in [-0.1, -0.05) is 0 Å². The lowest BCUT2D eigenvalue weighted by Crippen LogP contribution is -2.48. The number of aromatic nitrogens is 1. The Bertz CT molecular complexity index is 711. The number of rotatable bonds is 6. The molecule has 1 amide bonds. The maximum absolute atomic E-state index is 12.6. The smallest absolute Gasteiger partial charge is 0.239 e. The van der Waals surface area contributed by atoms with Crippen molar-refractivity contribution in [3.63, 3.8) is 0 Å². The van der Waals surface area contributed by atoms with Crippen molar-refractivity contribution < 1.29 is 17.6 Å². The maximum atomic E-state index is 12.6. The molecule has 1 saturated carbocycles. The molecule has 0 aromatic carbocycles. The molecule has 0 radical (unpaired) electrons. The fraction of sp³-hybridized carbons (Fsp3) is 0.750. The van der Waals surface area contributed by atoms with E-state index in [1.54, 1.807) is 18.1 Å². The lowest BCUT2D eigenvalue weighted by molar-refractivity contribution is -0.136. The topological polar surface area (TPSA) is 83.7 Å². The van der Waals surface area contributed by atoms with Crippen LogP contribution in [0.1, 0.15) is 43.8 Å². The van der Waals surface area contributed by atoms with Crippen LogP contribution in [0.2, 0.25) is 0 Å². The zero-order valence-corrected chi connectivity index (χ0v) is 15.3. The fourth-order valence-electron chi connectivity index (χ4n) is 3.05. The second kappa shape index (κ2) is 6.48. The zero-order chi connectivity index (χ0) is 17.5. The van der Waals surface area contributed by atoms with E-state index in [0.717, 1.165) is 18.6 Å². The Kier molecular flexibility index (Phi) is 4.70. The number of oxazole rings is 1. The van der Waals surface area contributed by atoms with Crippen molar-refractivity contribution in [3.05, 3.63) is 17.8 Å². The van der Waals surface area contributed by atoms with E-state index in [1.165, 1.54) is 0 Å². The van der Waals surface area contributed by atoms with Gasteiger partial charge in [-0.05, 0) is 33.2 Å². The highest BCUT2D eigenvalue weighted by atomic mass is 32.2. The first-order valence-electron chi connectivity index (χ1n) is 8.39. The minimum absolute atomic E-state index is 0.0656. The minimum Gasteiger partial charge on any atom is -0.444 e. The molecule has 0 spiro atoms. The van der Waals surface area contributed by atoms with Crippen molar-refractivity contribution in [2.75, 3.05) is 25.6 Å². The van der Waals surface area contributed by atoms with Crippen molar-refractivity contribution in [2.24, 2.45) is 0 Å². The average molecular weight is 355 g/mol. The second-order valence-electron chi connectivity index (χ2n) is 7.03. The third-order valence-corrected chi connectivity index (χ3v) is 6.81. The molecule has 3 rings (SSSR count). The van der Waals surface area contributed by atoms with Gasteiger partial charge in [0.1, 0.15) is 5.76 Å². The molecule has 1 aromatic heterocycles. The minimum atomic E-state index is -3.00. The first-order valence-corrected chi connectivity index (χ1v) is 10.2. The summed E-state index contributed by atoms with van der Waals surface area (Å²) in [5.41, 5.74) is 0. The van der Waals surface area contributed by atoms with Crippen LogP contribution in [0.25, 0.3) is 0 Å². The number of hydrogen-bond acceptors (Lipinski definition) is 6. The van der Waals surface area contributed by atoms with Crippen LogP contribution < -0.4 is 0 Å². The van der Waals surface area contributed by atoms with Crippen LogP contribution in [0.3, 0.4) is 0 Å². The van der Waals surface area contributed by atoms with Gasteiger partial charge in [0, 0.05) is 19.0 Å². The Hall–Kier alpha value is -1.41. The molecule has 8 heteroatoms. The zero-order valence-electron chi connectivity index (χ0n) is 14.4. The summed E-state index contributed by atoms with van der Waals surface area (Å²) in [5.74, 6) is 2.23. The summed E-state index contributed by atoms with van der Waals surface area (Å²) in [6.45, 7) is 2.28. The van der Waals surface area contributed by atoms with Gasteiger partial charge in [0.2, 0.25) is 11.8 Å². The van der Waals surface area contributed by atoms with E-state index in [-0.39, 0.29) is 29.5 Å². The van der Waals surface area contributed by atoms with Gasteiger partial charge in [0.15, 0.2) is 9.84 Å². The first kappa shape index (κ1) is 17.4. The molecular formula is C16H25N3O4S. The number of sulfone groups is 1. The Morgan fingerprint density at radius 1 is 1.38 bits per heavy atom. The van der Waals surface area contributed by atoms with Crippen LogP contribution in [0, 0.1) is 0 Å². The lowest BCUT2D eigenvalue weighted by Gasteiger charge is -2.30. The Labute approximate surface area is 142 Å². The van der Waals surface area contributed by atoms with Gasteiger partial charge in [0.25, 0.3) is 0 Å². The van der Waals surface area contributed by atoms with Crippen molar-refractivity contribution >= 4 is 15.7 Å². The number of nitrogens with zero attached hydrogens (tertiary/aromatic N) is 3. The summed E-state index contributed by atoms with van der Waals surface area (Å²) < 4.78 is 29.0. The number of hydrogen-bond donors (Lipinski definition) is 0. The molecule has 134 valence electrons. The molecule has 1 saturated heterocycles. The molecule has 7 nitrogen and oxygen atoms in total. The number of carbonyl (C=O) groups is 1. The summed E-state index contributed by atoms with van der Waals surface area (Å²) in [6, 6.07) is -0.587. The Morgan fingerprint density at radius 3 is 2.67 bits per heavy atom. The van der Waals surface area contributed by atoms with Crippen molar-refractivity contribution in [3.8, 4) is 0 Å². The SMILES string of the molecule is C[C@H](C(=O)N(C)[C@H]1CCS(=O)(=O)C1)N(C)Cc1ncc(C2CC2)o1. The quantitative estimate of drug-likeness (QED) is 0.757. The molecule has 2 fully saturated rings. The van der Waals surface area contributed by atoms with E-state index in [1.807, 2.05) is 18.9 Å². The van der Waals surface area contributed by atoms with E-state index >= 15 is 0 Å². The first-order chi connectivity index (χ1) is 11.3. The highest BCUT2D eigenvalue weighted by Crippen LogP contribution is 2.40. The molecule has 1 aliphatic carbocycles. The molecule has 2 atom stereocenters. The van der Waals surface area contributed by atoms with Gasteiger partial charge >= 0.3 is 0 Å². The van der Waals surface area contributed by atoms with Crippen LogP contribution in [-0.2, 0) is 21.2 Å². The molecule has 0 unspecified atom stereocenters. The van der Waals surface area contributed by atoms with Crippen LogP contribution in [0.5, 0.6) is 0 Å². The van der Waals surface area contributed by atoms with E-state index < -0.39 is 9.84 Å². The van der Waals surface area contributed by atoms with E-state index in [9.17, 15) is 13.2 Å². The summed E-state index contributed by atoms with van der Waals surface area (Å²) in [5, 5.41) is 0. The summed E-state index contributed by atoms with van der Waals surface area (Å²) in [4.78, 5) is 20.4. The normalized spacial score (nSPS) is 24.2. The summed E-state index contributed by atoms with van der Waals surface area (Å²) in [6.07, 6.45) is 4.62. The van der Waals surface area contributed by atoms with E-state index in [2.05, 4.69) is 4.98 Å². The van der Waals surface area contributed by atoms with Gasteiger partial charge in [-0.2, -0.15) is 0 Å². The number of carbonyl (C=O) groups excluding carboxylic acids is 1. The van der Waals surface area contributed by atoms with Gasteiger partial charge in [-0.25, -0.2) is 13.4 Å². The molecule has 0 N–H and O–H groups in total. The van der Waals surface area contributed by atoms with Gasteiger partial charge < -0.3 is 9.32 Å². The predicted molar refractivity (Wildman–Crippen MR) is 89.2 cm³/mol. The molecule has 24 heavy (non-hydrogen) atoms. The van der Waals surface area contributed by atoms with Crippen LogP contribution >= 0.6 is 0 Å². The molecule has 1 aliphatic heterocycles. The standard InChI is InChI=1S/C16H25N3O4S/c1-11(16(20)19(3)13-6-7-24(21,22)10-13)18(2)9-15-17-8-14(23-15)12-4-5-12/h8,11-13H,4-7,9-10H2,1-3H3/t11-,13+/m1/s1. The predicted octanol–water partition coefficient (Wildman–Crippen LogP) is 1.02. The number of amides is 1. The fourth-order valence-corrected chi connectivity index (χ4v) is 4.82. The molecule has 2 aliphatic rings. The van der Waals surface area contributed by atoms with Crippen LogP contribution in [0.15, 0.2) is 10.6 Å². The summed E-state index contributed by atoms with van der Waals surface area (Å²) in [7, 11) is 0.538. The monoisotopic (exact) mass is 355 g/mol. The van der Waals surface area contributed by atoms with E-state index in [0.29, 0.717) is 24.8 Å². The van der Waals surface area contributed by atoms with Crippen molar-refractivity contribution in [1.82, 2.24) is 14.8 Å². The Balaban J connectivity index is 1.57. The Morgan fingerprint density at radius 2 is 2.08 bits per heavy atom. The number of likely N-dealkylation sites (N-methyl/N-ethyl adjacent to an activating group) is 2. The molecule has 1 aromatic rings. The average Bonchev–Trinajstić information content (AvgIpc) is 3.18. The highest BCUT2D eigenvalue weighted by molar-refractivity contribution is 7.91. The summed E-state index contributed by atoms with van der Waals surface area (Å²) >= 11 is 0. The highest BCUT2D eigenvalue weighted by Gasteiger charge is 2.35.